The second kappa shape index (κ2) is 6.88. The zero-order valence-corrected chi connectivity index (χ0v) is 13.5. The van der Waals surface area contributed by atoms with Crippen LogP contribution in [0.25, 0.3) is 0 Å². The van der Waals surface area contributed by atoms with Gasteiger partial charge in [-0.2, -0.15) is 5.26 Å². The minimum atomic E-state index is 0.545. The maximum absolute atomic E-state index is 9.35. The lowest BCUT2D eigenvalue weighted by Crippen LogP contribution is -1.87. The van der Waals surface area contributed by atoms with Gasteiger partial charge in [0.25, 0.3) is 0 Å². The molecular weight excluding hydrogens is 282 g/mol. The van der Waals surface area contributed by atoms with Crippen molar-refractivity contribution in [2.45, 2.75) is 34.5 Å². The van der Waals surface area contributed by atoms with Gasteiger partial charge >= 0.3 is 0 Å². The minimum absolute atomic E-state index is 0.545. The summed E-state index contributed by atoms with van der Waals surface area (Å²) in [5, 5.41) is 9.35. The maximum Gasteiger partial charge on any atom is 0.101 e. The van der Waals surface area contributed by atoms with E-state index in [-0.39, 0.29) is 0 Å². The Hall–Kier alpha value is -1.37. The Morgan fingerprint density at radius 2 is 1.65 bits per heavy atom. The molecule has 0 aliphatic heterocycles. The van der Waals surface area contributed by atoms with E-state index in [0.717, 1.165) is 15.4 Å². The molecule has 0 atom stereocenters. The van der Waals surface area contributed by atoms with Crippen LogP contribution in [0.3, 0.4) is 0 Å². The predicted molar refractivity (Wildman–Crippen MR) is 87.6 cm³/mol. The van der Waals surface area contributed by atoms with E-state index in [4.69, 9.17) is 0 Å². The first-order valence-corrected chi connectivity index (χ1v) is 8.54. The first-order valence-electron chi connectivity index (χ1n) is 6.50. The molecule has 1 nitrogen and oxygen atoms in total. The van der Waals surface area contributed by atoms with Gasteiger partial charge in [0.15, 0.2) is 0 Å². The molecule has 0 saturated carbocycles. The van der Waals surface area contributed by atoms with E-state index in [2.05, 4.69) is 44.2 Å². The van der Waals surface area contributed by atoms with Crippen molar-refractivity contribution in [3.05, 3.63) is 53.6 Å². The fourth-order valence-electron chi connectivity index (χ4n) is 1.92. The molecule has 0 aliphatic carbocycles. The predicted octanol–water partition coefficient (Wildman–Crippen LogP) is 5.55. The average Bonchev–Trinajstić information content (AvgIpc) is 2.47. The van der Waals surface area contributed by atoms with Crippen LogP contribution in [0, 0.1) is 11.3 Å². The van der Waals surface area contributed by atoms with E-state index in [9.17, 15) is 5.26 Å². The fraction of sp³-hybridized carbons (Fsp3) is 0.235. The summed E-state index contributed by atoms with van der Waals surface area (Å²) in [7, 11) is 0. The first kappa shape index (κ1) is 15.0. The first-order chi connectivity index (χ1) is 9.65. The summed E-state index contributed by atoms with van der Waals surface area (Å²) in [4.78, 5) is 3.23. The summed E-state index contributed by atoms with van der Waals surface area (Å²) in [5.41, 5.74) is 2.12. The highest BCUT2D eigenvalue weighted by molar-refractivity contribution is 8.00. The second-order valence-corrected chi connectivity index (χ2v) is 6.73. The quantitative estimate of drug-likeness (QED) is 0.691. The van der Waals surface area contributed by atoms with Gasteiger partial charge in [0, 0.05) is 14.7 Å². The topological polar surface area (TPSA) is 23.8 Å². The van der Waals surface area contributed by atoms with Crippen molar-refractivity contribution in [1.29, 1.82) is 5.26 Å². The smallest absolute Gasteiger partial charge is 0.101 e. The largest absolute Gasteiger partial charge is 0.192 e. The number of nitrogens with zero attached hydrogens (tertiary/aromatic N) is 1. The molecule has 2 aromatic carbocycles. The van der Waals surface area contributed by atoms with Crippen LogP contribution in [0.2, 0.25) is 0 Å². The van der Waals surface area contributed by atoms with Gasteiger partial charge in [-0.05, 0) is 42.0 Å². The number of thioether (sulfide) groups is 1. The van der Waals surface area contributed by atoms with Crippen LogP contribution in [0.5, 0.6) is 0 Å². The van der Waals surface area contributed by atoms with E-state index < -0.39 is 0 Å². The maximum atomic E-state index is 9.35. The Morgan fingerprint density at radius 3 is 2.20 bits per heavy atom. The molecule has 0 amide bonds. The highest BCUT2D eigenvalue weighted by Gasteiger charge is 2.09. The number of rotatable bonds is 4. The molecule has 0 radical (unpaired) electrons. The fourth-order valence-corrected chi connectivity index (χ4v) is 3.49. The van der Waals surface area contributed by atoms with Gasteiger partial charge in [0.2, 0.25) is 0 Å². The summed E-state index contributed by atoms with van der Waals surface area (Å²) >= 11 is 3.27. The van der Waals surface area contributed by atoms with Crippen molar-refractivity contribution in [3.8, 4) is 6.07 Å². The Balaban J connectivity index is 2.28. The van der Waals surface area contributed by atoms with E-state index in [1.807, 2.05) is 24.5 Å². The number of nitriles is 1. The van der Waals surface area contributed by atoms with Crippen molar-refractivity contribution in [2.24, 2.45) is 0 Å². The van der Waals surface area contributed by atoms with Gasteiger partial charge in [-0.15, -0.1) is 11.8 Å². The molecule has 0 aliphatic rings. The van der Waals surface area contributed by atoms with E-state index in [0.29, 0.717) is 5.92 Å². The summed E-state index contributed by atoms with van der Waals surface area (Å²) < 4.78 is 0. The highest BCUT2D eigenvalue weighted by atomic mass is 32.2. The SMILES string of the molecule is CSc1cccc(Sc2ccc(C(C)C)cc2)c1C#N. The van der Waals surface area contributed by atoms with Gasteiger partial charge in [0.1, 0.15) is 6.07 Å². The van der Waals surface area contributed by atoms with Crippen LogP contribution >= 0.6 is 23.5 Å². The van der Waals surface area contributed by atoms with Gasteiger partial charge in [-0.3, -0.25) is 0 Å². The van der Waals surface area contributed by atoms with Gasteiger partial charge in [-0.1, -0.05) is 43.8 Å². The lowest BCUT2D eigenvalue weighted by atomic mass is 10.0. The van der Waals surface area contributed by atoms with Crippen LogP contribution in [0.4, 0.5) is 0 Å². The molecule has 0 bridgehead atoms. The molecule has 2 rings (SSSR count). The number of benzene rings is 2. The molecule has 0 unspecified atom stereocenters. The van der Waals surface area contributed by atoms with Gasteiger partial charge in [-0.25, -0.2) is 0 Å². The van der Waals surface area contributed by atoms with Crippen molar-refractivity contribution < 1.29 is 0 Å². The summed E-state index contributed by atoms with van der Waals surface area (Å²) in [6.45, 7) is 4.38. The van der Waals surface area contributed by atoms with E-state index >= 15 is 0 Å². The van der Waals surface area contributed by atoms with E-state index in [1.54, 1.807) is 23.5 Å². The third-order valence-electron chi connectivity index (χ3n) is 3.09. The summed E-state index contributed by atoms with van der Waals surface area (Å²) in [6, 6.07) is 16.9. The Morgan fingerprint density at radius 1 is 1.00 bits per heavy atom. The molecule has 0 heterocycles. The summed E-state index contributed by atoms with van der Waals surface area (Å²) in [5.74, 6) is 0.545. The lowest BCUT2D eigenvalue weighted by Gasteiger charge is -2.09. The molecule has 0 N–H and O–H groups in total. The van der Waals surface area contributed by atoms with Gasteiger partial charge < -0.3 is 0 Å². The molecule has 0 fully saturated rings. The average molecular weight is 299 g/mol. The molecule has 0 spiro atoms. The van der Waals surface area contributed by atoms with Crippen LogP contribution < -0.4 is 0 Å². The summed E-state index contributed by atoms with van der Waals surface area (Å²) in [6.07, 6.45) is 2.00. The zero-order valence-electron chi connectivity index (χ0n) is 11.9. The van der Waals surface area contributed by atoms with Crippen LogP contribution in [0.15, 0.2) is 57.2 Å². The molecule has 0 saturated heterocycles. The van der Waals surface area contributed by atoms with Crippen molar-refractivity contribution >= 4 is 23.5 Å². The second-order valence-electron chi connectivity index (χ2n) is 4.77. The molecule has 2 aromatic rings. The molecular formula is C17H17NS2. The van der Waals surface area contributed by atoms with Crippen molar-refractivity contribution in [1.82, 2.24) is 0 Å². The molecule has 3 heteroatoms. The Kier molecular flexibility index (Phi) is 5.17. The highest BCUT2D eigenvalue weighted by Crippen LogP contribution is 2.34. The monoisotopic (exact) mass is 299 g/mol. The lowest BCUT2D eigenvalue weighted by molar-refractivity contribution is 0.865. The van der Waals surface area contributed by atoms with Gasteiger partial charge in [0.05, 0.1) is 5.56 Å². The number of hydrogen-bond acceptors (Lipinski definition) is 3. The van der Waals surface area contributed by atoms with E-state index in [1.165, 1.54) is 10.5 Å². The molecule has 102 valence electrons. The van der Waals surface area contributed by atoms with Crippen molar-refractivity contribution in [2.75, 3.05) is 6.26 Å². The normalized spacial score (nSPS) is 10.6. The molecule has 0 aromatic heterocycles. The Labute approximate surface area is 129 Å². The molecule has 20 heavy (non-hydrogen) atoms. The Bertz CT molecular complexity index is 624. The number of hydrogen-bond donors (Lipinski definition) is 0. The van der Waals surface area contributed by atoms with Crippen LogP contribution in [0.1, 0.15) is 30.9 Å². The third kappa shape index (κ3) is 3.39. The minimum Gasteiger partial charge on any atom is -0.192 e. The zero-order chi connectivity index (χ0) is 14.5. The van der Waals surface area contributed by atoms with Crippen LogP contribution in [-0.4, -0.2) is 6.26 Å². The van der Waals surface area contributed by atoms with Crippen LogP contribution in [-0.2, 0) is 0 Å². The standard InChI is InChI=1S/C17H17NS2/c1-12(2)13-7-9-14(10-8-13)20-17-6-4-5-16(19-3)15(17)11-18/h4-10,12H,1-3H3. The third-order valence-corrected chi connectivity index (χ3v) is 4.94. The van der Waals surface area contributed by atoms with Crippen molar-refractivity contribution in [3.63, 3.8) is 0 Å².